The van der Waals surface area contributed by atoms with Crippen LogP contribution in [0.3, 0.4) is 0 Å². The van der Waals surface area contributed by atoms with Crippen LogP contribution in [-0.4, -0.2) is 63.6 Å². The first kappa shape index (κ1) is 23.7. The monoisotopic (exact) mass is 487 g/mol. The van der Waals surface area contributed by atoms with E-state index in [-0.39, 0.29) is 29.9 Å². The van der Waals surface area contributed by atoms with E-state index in [0.717, 1.165) is 43.5 Å². The Morgan fingerprint density at radius 3 is 2.78 bits per heavy atom. The molecule has 1 unspecified atom stereocenters. The molecule has 2 rings (SSSR count). The molecular weight excluding hydrogens is 453 g/mol. The third-order valence-electron chi connectivity index (χ3n) is 4.81. The van der Waals surface area contributed by atoms with Crippen molar-refractivity contribution in [3.63, 3.8) is 0 Å². The van der Waals surface area contributed by atoms with Crippen LogP contribution in [-0.2, 0) is 6.42 Å². The number of rotatable bonds is 7. The fraction of sp³-hybridized carbons (Fsp3) is 0.600. The zero-order chi connectivity index (χ0) is 18.8. The molecule has 1 heterocycles. The van der Waals surface area contributed by atoms with E-state index in [1.54, 1.807) is 14.1 Å². The van der Waals surface area contributed by atoms with Crippen LogP contribution in [0.25, 0.3) is 0 Å². The molecule has 0 aromatic heterocycles. The lowest BCUT2D eigenvalue weighted by atomic mass is 10.0. The van der Waals surface area contributed by atoms with Gasteiger partial charge in [0.25, 0.3) is 5.91 Å². The summed E-state index contributed by atoms with van der Waals surface area (Å²) in [5, 5.41) is 9.39. The van der Waals surface area contributed by atoms with Gasteiger partial charge in [0, 0.05) is 45.8 Å². The molecule has 1 atom stereocenters. The summed E-state index contributed by atoms with van der Waals surface area (Å²) >= 11 is 0. The van der Waals surface area contributed by atoms with Gasteiger partial charge in [0.2, 0.25) is 0 Å². The van der Waals surface area contributed by atoms with Gasteiger partial charge in [-0.2, -0.15) is 0 Å². The van der Waals surface area contributed by atoms with E-state index in [2.05, 4.69) is 32.8 Å². The molecule has 0 saturated carbocycles. The molecule has 1 aromatic carbocycles. The van der Waals surface area contributed by atoms with E-state index >= 15 is 0 Å². The van der Waals surface area contributed by atoms with Gasteiger partial charge in [-0.3, -0.25) is 9.79 Å². The summed E-state index contributed by atoms with van der Waals surface area (Å²) < 4.78 is 0. The Morgan fingerprint density at radius 1 is 1.30 bits per heavy atom. The Hall–Kier alpha value is -1.35. The Morgan fingerprint density at radius 2 is 2.07 bits per heavy atom. The van der Waals surface area contributed by atoms with Gasteiger partial charge in [0.05, 0.1) is 0 Å². The maximum atomic E-state index is 11.7. The second-order valence-electron chi connectivity index (χ2n) is 7.00. The molecule has 3 N–H and O–H groups in total. The fourth-order valence-corrected chi connectivity index (χ4v) is 3.38. The normalized spacial score (nSPS) is 17.7. The summed E-state index contributed by atoms with van der Waals surface area (Å²) in [6.07, 6.45) is 3.51. The molecule has 1 amide bonds. The van der Waals surface area contributed by atoms with Gasteiger partial charge in [0.1, 0.15) is 0 Å². The number of guanidine groups is 1. The first-order chi connectivity index (χ1) is 12.6. The zero-order valence-electron chi connectivity index (χ0n) is 16.8. The molecule has 1 aliphatic heterocycles. The van der Waals surface area contributed by atoms with Crippen LogP contribution in [0.2, 0.25) is 0 Å². The molecule has 1 saturated heterocycles. The average Bonchev–Trinajstić information content (AvgIpc) is 2.66. The fourth-order valence-electron chi connectivity index (χ4n) is 3.38. The van der Waals surface area contributed by atoms with E-state index < -0.39 is 0 Å². The highest BCUT2D eigenvalue weighted by Gasteiger charge is 2.15. The van der Waals surface area contributed by atoms with E-state index in [1.807, 2.05) is 24.3 Å². The number of piperidine rings is 1. The number of benzene rings is 1. The zero-order valence-corrected chi connectivity index (χ0v) is 19.1. The Balaban J connectivity index is 0.00000364. The summed E-state index contributed by atoms with van der Waals surface area (Å²) in [6.45, 7) is 7.48. The van der Waals surface area contributed by atoms with E-state index in [4.69, 9.17) is 0 Å². The molecule has 0 aliphatic carbocycles. The molecular formula is C20H34IN5O. The van der Waals surface area contributed by atoms with Crippen LogP contribution in [0.5, 0.6) is 0 Å². The van der Waals surface area contributed by atoms with Crippen molar-refractivity contribution in [1.29, 1.82) is 0 Å². The van der Waals surface area contributed by atoms with Crippen LogP contribution < -0.4 is 16.0 Å². The summed E-state index contributed by atoms with van der Waals surface area (Å²) in [6, 6.07) is 7.74. The van der Waals surface area contributed by atoms with Crippen molar-refractivity contribution in [2.45, 2.75) is 26.2 Å². The molecule has 1 aliphatic rings. The van der Waals surface area contributed by atoms with Crippen molar-refractivity contribution in [2.24, 2.45) is 10.9 Å². The predicted octanol–water partition coefficient (Wildman–Crippen LogP) is 2.10. The lowest BCUT2D eigenvalue weighted by Crippen LogP contribution is -2.44. The molecule has 0 spiro atoms. The van der Waals surface area contributed by atoms with E-state index in [9.17, 15) is 4.79 Å². The maximum Gasteiger partial charge on any atom is 0.251 e. The summed E-state index contributed by atoms with van der Waals surface area (Å²) in [4.78, 5) is 18.5. The van der Waals surface area contributed by atoms with Gasteiger partial charge in [-0.05, 0) is 49.4 Å². The Bertz CT molecular complexity index is 608. The highest BCUT2D eigenvalue weighted by Crippen LogP contribution is 2.14. The summed E-state index contributed by atoms with van der Waals surface area (Å²) in [5.74, 6) is 1.59. The van der Waals surface area contributed by atoms with Crippen LogP contribution in [0.15, 0.2) is 29.3 Å². The highest BCUT2D eigenvalue weighted by atomic mass is 127. The molecule has 0 radical (unpaired) electrons. The van der Waals surface area contributed by atoms with Gasteiger partial charge in [0.15, 0.2) is 5.96 Å². The van der Waals surface area contributed by atoms with Crippen LogP contribution >= 0.6 is 24.0 Å². The van der Waals surface area contributed by atoms with E-state index in [1.165, 1.54) is 25.9 Å². The average molecular weight is 487 g/mol. The second-order valence-corrected chi connectivity index (χ2v) is 7.00. The van der Waals surface area contributed by atoms with Crippen molar-refractivity contribution >= 4 is 35.8 Å². The van der Waals surface area contributed by atoms with Gasteiger partial charge >= 0.3 is 0 Å². The Kier molecular flexibility index (Phi) is 11.3. The molecule has 1 fully saturated rings. The van der Waals surface area contributed by atoms with Crippen molar-refractivity contribution in [2.75, 3.05) is 46.8 Å². The Labute approximate surface area is 180 Å². The standard InChI is InChI=1S/C20H33N5O.HI/c1-16-6-5-12-25(15-16)13-11-24-20(22-3)23-10-9-17-7-4-8-18(14-17)19(26)21-2;/h4,7-8,14,16H,5-6,9-13,15H2,1-3H3,(H,21,26)(H2,22,23,24);1H. The topological polar surface area (TPSA) is 68.8 Å². The van der Waals surface area contributed by atoms with Gasteiger partial charge in [-0.25, -0.2) is 0 Å². The minimum absolute atomic E-state index is 0. The number of carbonyl (C=O) groups is 1. The molecule has 152 valence electrons. The minimum Gasteiger partial charge on any atom is -0.356 e. The second kappa shape index (κ2) is 12.9. The number of hydrogen-bond acceptors (Lipinski definition) is 3. The van der Waals surface area contributed by atoms with Gasteiger partial charge < -0.3 is 20.9 Å². The molecule has 0 bridgehead atoms. The molecule has 6 nitrogen and oxygen atoms in total. The highest BCUT2D eigenvalue weighted by molar-refractivity contribution is 14.0. The third-order valence-corrected chi connectivity index (χ3v) is 4.81. The van der Waals surface area contributed by atoms with Gasteiger partial charge in [-0.15, -0.1) is 24.0 Å². The predicted molar refractivity (Wildman–Crippen MR) is 123 cm³/mol. The third kappa shape index (κ3) is 8.47. The number of halogens is 1. The smallest absolute Gasteiger partial charge is 0.251 e. The van der Waals surface area contributed by atoms with Crippen molar-refractivity contribution < 1.29 is 4.79 Å². The number of amides is 1. The molecule has 7 heteroatoms. The summed E-state index contributed by atoms with van der Waals surface area (Å²) in [7, 11) is 3.45. The number of aliphatic imine (C=N–C) groups is 1. The van der Waals surface area contributed by atoms with Crippen molar-refractivity contribution in [3.8, 4) is 0 Å². The molecule has 1 aromatic rings. The minimum atomic E-state index is -0.0516. The SMILES string of the molecule is CN=C(NCCc1cccc(C(=O)NC)c1)NCCN1CCCC(C)C1.I. The first-order valence-corrected chi connectivity index (χ1v) is 9.60. The lowest BCUT2D eigenvalue weighted by molar-refractivity contribution is 0.0963. The first-order valence-electron chi connectivity index (χ1n) is 9.60. The number of nitrogens with one attached hydrogen (secondary N) is 3. The maximum absolute atomic E-state index is 11.7. The molecule has 27 heavy (non-hydrogen) atoms. The number of nitrogens with zero attached hydrogens (tertiary/aromatic N) is 2. The number of likely N-dealkylation sites (tertiary alicyclic amines) is 1. The largest absolute Gasteiger partial charge is 0.356 e. The number of hydrogen-bond donors (Lipinski definition) is 3. The van der Waals surface area contributed by atoms with Crippen LogP contribution in [0, 0.1) is 5.92 Å². The van der Waals surface area contributed by atoms with Gasteiger partial charge in [-0.1, -0.05) is 19.1 Å². The van der Waals surface area contributed by atoms with Crippen LogP contribution in [0.1, 0.15) is 35.7 Å². The van der Waals surface area contributed by atoms with E-state index in [0.29, 0.717) is 5.56 Å². The van der Waals surface area contributed by atoms with Crippen molar-refractivity contribution in [3.05, 3.63) is 35.4 Å². The number of carbonyl (C=O) groups excluding carboxylic acids is 1. The summed E-state index contributed by atoms with van der Waals surface area (Å²) in [5.41, 5.74) is 1.83. The quantitative estimate of drug-likeness (QED) is 0.313. The van der Waals surface area contributed by atoms with Crippen molar-refractivity contribution in [1.82, 2.24) is 20.9 Å². The lowest BCUT2D eigenvalue weighted by Gasteiger charge is -2.30. The van der Waals surface area contributed by atoms with Crippen LogP contribution in [0.4, 0.5) is 0 Å².